The number of methoxy groups -OCH3 is 2. The van der Waals surface area contributed by atoms with Gasteiger partial charge in [0.2, 0.25) is 5.95 Å². The molecule has 0 saturated heterocycles. The zero-order chi connectivity index (χ0) is 23.5. The number of ether oxygens (including phenoxy) is 3. The van der Waals surface area contributed by atoms with Crippen LogP contribution in [-0.2, 0) is 9.53 Å². The first-order valence-electron chi connectivity index (χ1n) is 9.96. The second kappa shape index (κ2) is 9.29. The van der Waals surface area contributed by atoms with Crippen molar-refractivity contribution in [2.45, 2.75) is 13.0 Å². The fourth-order valence-corrected chi connectivity index (χ4v) is 3.71. The highest BCUT2D eigenvalue weighted by Crippen LogP contribution is 2.41. The van der Waals surface area contributed by atoms with Crippen molar-refractivity contribution in [3.8, 4) is 11.5 Å². The number of rotatable bonds is 7. The van der Waals surface area contributed by atoms with Crippen LogP contribution in [0.1, 0.15) is 28.9 Å². The number of allylic oxidation sites excluding steroid dienone is 1. The summed E-state index contributed by atoms with van der Waals surface area (Å²) in [5, 5.41) is 15.1. The summed E-state index contributed by atoms with van der Waals surface area (Å²) >= 11 is 6.00. The van der Waals surface area contributed by atoms with Gasteiger partial charge in [0.15, 0.2) is 5.78 Å². The summed E-state index contributed by atoms with van der Waals surface area (Å²) in [6, 6.07) is 10.6. The van der Waals surface area contributed by atoms with E-state index in [4.69, 9.17) is 25.8 Å². The molecule has 1 unspecified atom stereocenters. The van der Waals surface area contributed by atoms with Gasteiger partial charge in [-0.1, -0.05) is 16.7 Å². The van der Waals surface area contributed by atoms with Crippen LogP contribution in [0.5, 0.6) is 11.5 Å². The molecule has 3 aromatic rings. The topological polar surface area (TPSA) is 117 Å². The van der Waals surface area contributed by atoms with Gasteiger partial charge in [0.1, 0.15) is 23.2 Å². The predicted molar refractivity (Wildman–Crippen MR) is 119 cm³/mol. The van der Waals surface area contributed by atoms with E-state index in [0.29, 0.717) is 27.6 Å². The minimum Gasteiger partial charge on any atom is -0.497 e. The maximum atomic E-state index is 13.8. The van der Waals surface area contributed by atoms with Crippen molar-refractivity contribution >= 4 is 29.3 Å². The molecule has 0 amide bonds. The Balaban J connectivity index is 1.99. The third-order valence-electron chi connectivity index (χ3n) is 5.08. The summed E-state index contributed by atoms with van der Waals surface area (Å²) in [5.74, 6) is -0.00144. The van der Waals surface area contributed by atoms with Crippen LogP contribution in [0.25, 0.3) is 0 Å². The smallest absolute Gasteiger partial charge is 0.355 e. The molecule has 1 aliphatic heterocycles. The van der Waals surface area contributed by atoms with Crippen molar-refractivity contribution in [3.05, 3.63) is 69.9 Å². The standard InChI is InChI=1S/C22H20ClN5O5/c1-4-33-21(30)18-17(20(29)12-5-7-13(23)8-6-12)19(28-22(24-18)25-26-27-28)15-11-14(31-2)9-10-16(15)32-3/h5-11,19H,4H2,1-3H3,(H,24,25,27). The summed E-state index contributed by atoms with van der Waals surface area (Å²) in [6.07, 6.45) is 0. The highest BCUT2D eigenvalue weighted by molar-refractivity contribution is 6.30. The molecule has 2 heterocycles. The summed E-state index contributed by atoms with van der Waals surface area (Å²) in [5.41, 5.74) is 0.864. The van der Waals surface area contributed by atoms with Crippen molar-refractivity contribution in [1.82, 2.24) is 20.2 Å². The Hall–Kier alpha value is -3.92. The van der Waals surface area contributed by atoms with E-state index < -0.39 is 17.8 Å². The Labute approximate surface area is 194 Å². The number of hydrogen-bond acceptors (Lipinski definition) is 9. The van der Waals surface area contributed by atoms with Crippen LogP contribution in [0.3, 0.4) is 0 Å². The molecule has 1 aliphatic rings. The van der Waals surface area contributed by atoms with Gasteiger partial charge in [-0.05, 0) is 59.8 Å². The van der Waals surface area contributed by atoms with Crippen LogP contribution in [0.2, 0.25) is 5.02 Å². The van der Waals surface area contributed by atoms with Crippen LogP contribution in [0.4, 0.5) is 5.95 Å². The number of tetrazole rings is 1. The third kappa shape index (κ3) is 4.12. The van der Waals surface area contributed by atoms with Crippen LogP contribution in [0, 0.1) is 0 Å². The number of aromatic nitrogens is 4. The van der Waals surface area contributed by atoms with Gasteiger partial charge < -0.3 is 19.5 Å². The Bertz CT molecular complexity index is 1240. The number of benzene rings is 2. The van der Waals surface area contributed by atoms with Gasteiger partial charge in [0.25, 0.3) is 0 Å². The van der Waals surface area contributed by atoms with Gasteiger partial charge in [0, 0.05) is 16.1 Å². The molecule has 0 fully saturated rings. The van der Waals surface area contributed by atoms with Crippen molar-refractivity contribution < 1.29 is 23.8 Å². The highest BCUT2D eigenvalue weighted by atomic mass is 35.5. The van der Waals surface area contributed by atoms with Gasteiger partial charge in [-0.3, -0.25) is 4.79 Å². The number of esters is 1. The molecule has 2 aromatic carbocycles. The maximum Gasteiger partial charge on any atom is 0.355 e. The molecule has 10 nitrogen and oxygen atoms in total. The fourth-order valence-electron chi connectivity index (χ4n) is 3.59. The number of hydrogen-bond donors (Lipinski definition) is 1. The molecule has 11 heteroatoms. The summed E-state index contributed by atoms with van der Waals surface area (Å²) in [6.45, 7) is 1.79. The van der Waals surface area contributed by atoms with Crippen molar-refractivity contribution in [2.75, 3.05) is 26.1 Å². The van der Waals surface area contributed by atoms with Crippen molar-refractivity contribution in [2.24, 2.45) is 0 Å². The van der Waals surface area contributed by atoms with Crippen molar-refractivity contribution in [1.29, 1.82) is 0 Å². The van der Waals surface area contributed by atoms with E-state index in [0.717, 1.165) is 0 Å². The molecule has 0 bridgehead atoms. The lowest BCUT2D eigenvalue weighted by Gasteiger charge is -2.29. The molecule has 1 atom stereocenters. The van der Waals surface area contributed by atoms with E-state index >= 15 is 0 Å². The SMILES string of the molecule is CCOC(=O)C1=C(C(=O)c2ccc(Cl)cc2)C(c2cc(OC)ccc2OC)n2nnnc2N1. The first-order chi connectivity index (χ1) is 16.0. The number of anilines is 1. The minimum absolute atomic E-state index is 0.0611. The highest BCUT2D eigenvalue weighted by Gasteiger charge is 2.40. The first-order valence-corrected chi connectivity index (χ1v) is 10.3. The second-order valence-electron chi connectivity index (χ2n) is 6.93. The van der Waals surface area contributed by atoms with Crippen molar-refractivity contribution in [3.63, 3.8) is 0 Å². The van der Waals surface area contributed by atoms with Gasteiger partial charge >= 0.3 is 5.97 Å². The molecule has 170 valence electrons. The Kier molecular flexibility index (Phi) is 6.27. The summed E-state index contributed by atoms with van der Waals surface area (Å²) < 4.78 is 17.6. The molecule has 1 N–H and O–H groups in total. The molecule has 4 rings (SSSR count). The van der Waals surface area contributed by atoms with Crippen LogP contribution >= 0.6 is 11.6 Å². The maximum absolute atomic E-state index is 13.8. The number of carbonyl (C=O) groups excluding carboxylic acids is 2. The van der Waals surface area contributed by atoms with Gasteiger partial charge in [-0.2, -0.15) is 4.68 Å². The van der Waals surface area contributed by atoms with Gasteiger partial charge in [-0.25, -0.2) is 4.79 Å². The molecular formula is C22H20ClN5O5. The van der Waals surface area contributed by atoms with E-state index in [1.54, 1.807) is 49.4 Å². The Morgan fingerprint density at radius 1 is 1.12 bits per heavy atom. The van der Waals surface area contributed by atoms with Crippen LogP contribution in [-0.4, -0.2) is 52.8 Å². The number of Topliss-reactive ketones (excluding diaryl/α,β-unsaturated/α-hetero) is 1. The first kappa shape index (κ1) is 22.3. The number of halogens is 1. The van der Waals surface area contributed by atoms with Crippen LogP contribution in [0.15, 0.2) is 53.7 Å². The molecular weight excluding hydrogens is 450 g/mol. The quantitative estimate of drug-likeness (QED) is 0.411. The largest absolute Gasteiger partial charge is 0.497 e. The average molecular weight is 470 g/mol. The zero-order valence-electron chi connectivity index (χ0n) is 18.0. The summed E-state index contributed by atoms with van der Waals surface area (Å²) in [4.78, 5) is 26.7. The number of nitrogens with zero attached hydrogens (tertiary/aromatic N) is 4. The number of carbonyl (C=O) groups is 2. The van der Waals surface area contributed by atoms with Crippen LogP contribution < -0.4 is 14.8 Å². The molecule has 0 spiro atoms. The minimum atomic E-state index is -0.913. The zero-order valence-corrected chi connectivity index (χ0v) is 18.8. The number of ketones is 1. The molecule has 0 radical (unpaired) electrons. The number of fused-ring (bicyclic) bond motifs is 1. The Morgan fingerprint density at radius 3 is 2.55 bits per heavy atom. The second-order valence-corrected chi connectivity index (χ2v) is 7.36. The predicted octanol–water partition coefficient (Wildman–Crippen LogP) is 3.06. The van der Waals surface area contributed by atoms with E-state index in [1.165, 1.54) is 18.9 Å². The fraction of sp³-hybridized carbons (Fsp3) is 0.227. The van der Waals surface area contributed by atoms with E-state index in [1.807, 2.05) is 0 Å². The van der Waals surface area contributed by atoms with E-state index in [2.05, 4.69) is 20.8 Å². The summed E-state index contributed by atoms with van der Waals surface area (Å²) in [7, 11) is 3.03. The lowest BCUT2D eigenvalue weighted by atomic mass is 9.88. The number of nitrogens with one attached hydrogen (secondary N) is 1. The molecule has 0 aliphatic carbocycles. The third-order valence-corrected chi connectivity index (χ3v) is 5.33. The Morgan fingerprint density at radius 2 is 1.88 bits per heavy atom. The molecule has 0 saturated carbocycles. The molecule has 33 heavy (non-hydrogen) atoms. The lowest BCUT2D eigenvalue weighted by Crippen LogP contribution is -2.33. The lowest BCUT2D eigenvalue weighted by molar-refractivity contribution is -0.138. The molecule has 1 aromatic heterocycles. The normalized spacial score (nSPS) is 14.8. The van der Waals surface area contributed by atoms with Gasteiger partial charge in [-0.15, -0.1) is 0 Å². The average Bonchev–Trinajstić information content (AvgIpc) is 3.31. The van der Waals surface area contributed by atoms with E-state index in [9.17, 15) is 9.59 Å². The van der Waals surface area contributed by atoms with Gasteiger partial charge in [0.05, 0.1) is 26.4 Å². The monoisotopic (exact) mass is 469 g/mol. The van der Waals surface area contributed by atoms with E-state index in [-0.39, 0.29) is 23.8 Å².